The number of benzene rings is 1. The molecule has 6 rings (SSSR count). The number of hydrogen-bond acceptors (Lipinski definition) is 6. The van der Waals surface area contributed by atoms with Crippen molar-refractivity contribution in [1.82, 2.24) is 29.2 Å². The highest BCUT2D eigenvalue weighted by molar-refractivity contribution is 5.92. The molecule has 3 fully saturated rings. The highest BCUT2D eigenvalue weighted by Gasteiger charge is 2.56. The molecule has 2 aliphatic heterocycles. The minimum absolute atomic E-state index is 0.0941. The summed E-state index contributed by atoms with van der Waals surface area (Å²) in [7, 11) is 1.77. The maximum absolute atomic E-state index is 13.4. The summed E-state index contributed by atoms with van der Waals surface area (Å²) in [6, 6.07) is 9.76. The predicted molar refractivity (Wildman–Crippen MR) is 146 cm³/mol. The predicted octanol–water partition coefficient (Wildman–Crippen LogP) is 3.90. The number of nitrogens with zero attached hydrogens (tertiary/aromatic N) is 6. The van der Waals surface area contributed by atoms with Crippen LogP contribution in [0, 0.1) is 17.8 Å². The summed E-state index contributed by atoms with van der Waals surface area (Å²) in [6.07, 6.45) is 3.85. The van der Waals surface area contributed by atoms with Gasteiger partial charge in [-0.15, -0.1) is 13.2 Å². The third kappa shape index (κ3) is 6.28. The van der Waals surface area contributed by atoms with Crippen LogP contribution in [0.25, 0.3) is 0 Å². The third-order valence-corrected chi connectivity index (χ3v) is 8.62. The number of aromatic nitrogens is 3. The number of likely N-dealkylation sites (tertiary alicyclic amines) is 2. The van der Waals surface area contributed by atoms with Gasteiger partial charge in [-0.25, -0.2) is 4.98 Å². The maximum Gasteiger partial charge on any atom is 0.573 e. The van der Waals surface area contributed by atoms with Gasteiger partial charge < -0.3 is 19.1 Å². The van der Waals surface area contributed by atoms with Crippen LogP contribution < -0.4 is 4.74 Å². The van der Waals surface area contributed by atoms with E-state index in [-0.39, 0.29) is 41.8 Å². The van der Waals surface area contributed by atoms with Gasteiger partial charge in [0, 0.05) is 58.4 Å². The van der Waals surface area contributed by atoms with E-state index in [0.29, 0.717) is 30.5 Å². The number of pyridine rings is 1. The van der Waals surface area contributed by atoms with E-state index in [0.717, 1.165) is 38.0 Å². The van der Waals surface area contributed by atoms with E-state index in [1.54, 1.807) is 47.5 Å². The van der Waals surface area contributed by atoms with Crippen LogP contribution in [0.2, 0.25) is 0 Å². The third-order valence-electron chi connectivity index (χ3n) is 8.62. The van der Waals surface area contributed by atoms with Crippen molar-refractivity contribution in [2.45, 2.75) is 31.8 Å². The first-order valence-corrected chi connectivity index (χ1v) is 14.2. The lowest BCUT2D eigenvalue weighted by Gasteiger charge is -2.28. The Hall–Kier alpha value is -3.93. The number of amides is 2. The smallest absolute Gasteiger partial charge is 0.406 e. The highest BCUT2D eigenvalue weighted by atomic mass is 19.4. The Bertz CT molecular complexity index is 1420. The summed E-state index contributed by atoms with van der Waals surface area (Å²) in [5, 5.41) is 0. The number of halogens is 3. The molecule has 3 unspecified atom stereocenters. The van der Waals surface area contributed by atoms with E-state index in [1.807, 2.05) is 17.0 Å². The molecule has 2 amide bonds. The van der Waals surface area contributed by atoms with Crippen LogP contribution in [0.15, 0.2) is 61.3 Å². The Labute approximate surface area is 241 Å². The molecule has 0 spiro atoms. The summed E-state index contributed by atoms with van der Waals surface area (Å²) >= 11 is 0. The number of rotatable bonds is 9. The first-order chi connectivity index (χ1) is 20.1. The van der Waals surface area contributed by atoms with Gasteiger partial charge in [0.1, 0.15) is 11.4 Å². The van der Waals surface area contributed by atoms with Gasteiger partial charge in [-0.1, -0.05) is 12.1 Å². The Morgan fingerprint density at radius 2 is 1.88 bits per heavy atom. The fourth-order valence-corrected chi connectivity index (χ4v) is 6.64. The Balaban J connectivity index is 1.08. The molecule has 3 aliphatic rings. The molecule has 3 atom stereocenters. The molecule has 0 radical (unpaired) electrons. The average Bonchev–Trinajstić information content (AvgIpc) is 3.43. The Morgan fingerprint density at radius 3 is 2.57 bits per heavy atom. The van der Waals surface area contributed by atoms with E-state index in [1.165, 1.54) is 18.2 Å². The van der Waals surface area contributed by atoms with Crippen LogP contribution >= 0.6 is 0 Å². The zero-order valence-electron chi connectivity index (χ0n) is 23.3. The van der Waals surface area contributed by atoms with Crippen LogP contribution in [0.5, 0.6) is 5.75 Å². The number of carbonyl (C=O) groups excluding carboxylic acids is 2. The van der Waals surface area contributed by atoms with Crippen molar-refractivity contribution >= 4 is 11.8 Å². The fraction of sp³-hybridized carbons (Fsp3) is 0.467. The van der Waals surface area contributed by atoms with Gasteiger partial charge in [0.15, 0.2) is 0 Å². The lowest BCUT2D eigenvalue weighted by Crippen LogP contribution is -2.41. The number of ether oxygens (including phenoxy) is 1. The minimum atomic E-state index is -4.80. The lowest BCUT2D eigenvalue weighted by molar-refractivity contribution is -0.274. The molecule has 1 saturated carbocycles. The number of piperidine rings is 1. The minimum Gasteiger partial charge on any atom is -0.406 e. The molecular weight excluding hydrogens is 549 g/mol. The van der Waals surface area contributed by atoms with E-state index in [2.05, 4.69) is 19.6 Å². The highest BCUT2D eigenvalue weighted by Crippen LogP contribution is 2.52. The molecule has 12 heteroatoms. The van der Waals surface area contributed by atoms with Gasteiger partial charge in [0.25, 0.3) is 5.91 Å². The van der Waals surface area contributed by atoms with Crippen molar-refractivity contribution < 1.29 is 27.5 Å². The number of fused-ring (bicyclic) bond motifs is 1. The standard InChI is InChI=1S/C30H33F3N6O3/c1-36-17-26(35-19-36)29(41)38(13-20-4-2-5-22(12-20)42-30(31,32)33)16-25-23-14-37(15-24(23)25)18-28(40)39-11-3-6-27(39)21-7-9-34-10-8-21/h2,4-5,7-10,12,17,19,23-25,27H,3,6,11,13-16,18H2,1H3. The second-order valence-corrected chi connectivity index (χ2v) is 11.5. The largest absolute Gasteiger partial charge is 0.573 e. The molecule has 2 saturated heterocycles. The first-order valence-electron chi connectivity index (χ1n) is 14.2. The molecule has 4 heterocycles. The Morgan fingerprint density at radius 1 is 1.12 bits per heavy atom. The summed E-state index contributed by atoms with van der Waals surface area (Å²) in [4.78, 5) is 40.8. The van der Waals surface area contributed by atoms with Gasteiger partial charge in [-0.05, 0) is 66.0 Å². The number of hydrogen-bond donors (Lipinski definition) is 0. The molecule has 0 bridgehead atoms. The van der Waals surface area contributed by atoms with E-state index in [9.17, 15) is 22.8 Å². The SMILES string of the molecule is Cn1cnc(C(=O)N(Cc2cccc(OC(F)(F)F)c2)CC2C3CN(CC(=O)N4CCCC4c4ccncc4)CC32)c1. The zero-order valence-corrected chi connectivity index (χ0v) is 23.3. The van der Waals surface area contributed by atoms with Gasteiger partial charge in [-0.2, -0.15) is 0 Å². The number of carbonyl (C=O) groups is 2. The Kier molecular flexibility index (Phi) is 7.65. The second kappa shape index (κ2) is 11.4. The molecule has 2 aromatic heterocycles. The van der Waals surface area contributed by atoms with Gasteiger partial charge in [0.2, 0.25) is 5.91 Å². The molecule has 3 aromatic rings. The van der Waals surface area contributed by atoms with Crippen molar-refractivity contribution in [1.29, 1.82) is 0 Å². The monoisotopic (exact) mass is 582 g/mol. The summed E-state index contributed by atoms with van der Waals surface area (Å²) in [5.74, 6) is 0.539. The van der Waals surface area contributed by atoms with Crippen LogP contribution in [0.4, 0.5) is 13.2 Å². The number of alkyl halides is 3. The maximum atomic E-state index is 13.4. The molecule has 1 aliphatic carbocycles. The molecule has 0 N–H and O–H groups in total. The van der Waals surface area contributed by atoms with Crippen LogP contribution in [0.3, 0.4) is 0 Å². The van der Waals surface area contributed by atoms with Gasteiger partial charge >= 0.3 is 6.36 Å². The molecule has 1 aromatic carbocycles. The van der Waals surface area contributed by atoms with Crippen molar-refractivity contribution in [3.63, 3.8) is 0 Å². The molecule has 42 heavy (non-hydrogen) atoms. The lowest BCUT2D eigenvalue weighted by atomic mass is 10.1. The van der Waals surface area contributed by atoms with Crippen LogP contribution in [-0.2, 0) is 18.4 Å². The van der Waals surface area contributed by atoms with E-state index < -0.39 is 6.36 Å². The molecular formula is C30H33F3N6O3. The van der Waals surface area contributed by atoms with Crippen molar-refractivity contribution in [2.75, 3.05) is 32.7 Å². The molecule has 9 nitrogen and oxygen atoms in total. The van der Waals surface area contributed by atoms with Crippen molar-refractivity contribution in [3.8, 4) is 5.75 Å². The van der Waals surface area contributed by atoms with Gasteiger partial charge in [-0.3, -0.25) is 19.5 Å². The van der Waals surface area contributed by atoms with Crippen molar-refractivity contribution in [2.24, 2.45) is 24.8 Å². The summed E-state index contributed by atoms with van der Waals surface area (Å²) in [6.45, 7) is 3.31. The van der Waals surface area contributed by atoms with Crippen LogP contribution in [0.1, 0.15) is 40.5 Å². The molecule has 222 valence electrons. The van der Waals surface area contributed by atoms with Crippen LogP contribution in [-0.4, -0.2) is 80.1 Å². The topological polar surface area (TPSA) is 83.8 Å². The summed E-state index contributed by atoms with van der Waals surface area (Å²) < 4.78 is 44.1. The number of imidazole rings is 1. The quantitative estimate of drug-likeness (QED) is 0.381. The second-order valence-electron chi connectivity index (χ2n) is 11.5. The van der Waals surface area contributed by atoms with E-state index in [4.69, 9.17) is 0 Å². The normalized spacial score (nSPS) is 23.6. The zero-order chi connectivity index (χ0) is 29.4. The number of aryl methyl sites for hydroxylation is 1. The fourth-order valence-electron chi connectivity index (χ4n) is 6.64. The first kappa shape index (κ1) is 28.2. The van der Waals surface area contributed by atoms with E-state index >= 15 is 0 Å². The van der Waals surface area contributed by atoms with Crippen molar-refractivity contribution in [3.05, 3.63) is 78.1 Å². The summed E-state index contributed by atoms with van der Waals surface area (Å²) in [5.41, 5.74) is 1.94. The average molecular weight is 583 g/mol. The van der Waals surface area contributed by atoms with Gasteiger partial charge in [0.05, 0.1) is 18.9 Å².